The third kappa shape index (κ3) is 3.63. The number of carbonyl (C=O) groups is 1. The van der Waals surface area contributed by atoms with E-state index in [2.05, 4.69) is 25.4 Å². The first kappa shape index (κ1) is 18.6. The van der Waals surface area contributed by atoms with Gasteiger partial charge >= 0.3 is 0 Å². The van der Waals surface area contributed by atoms with Crippen LogP contribution in [0, 0.1) is 6.92 Å². The lowest BCUT2D eigenvalue weighted by molar-refractivity contribution is 0.0925. The van der Waals surface area contributed by atoms with Crippen molar-refractivity contribution in [2.24, 2.45) is 0 Å². The Labute approximate surface area is 171 Å². The molecule has 2 N–H and O–H groups in total. The number of nitrogens with zero attached hydrogens (tertiary/aromatic N) is 4. The van der Waals surface area contributed by atoms with Crippen molar-refractivity contribution >= 4 is 11.7 Å². The number of rotatable bonds is 3. The number of carbonyl (C=O) groups excluding carboxylic acids is 1. The van der Waals surface area contributed by atoms with Gasteiger partial charge in [-0.3, -0.25) is 9.89 Å². The van der Waals surface area contributed by atoms with Crippen LogP contribution in [0.15, 0.2) is 0 Å². The number of aryl methyl sites for hydroxylation is 3. The van der Waals surface area contributed by atoms with Gasteiger partial charge in [-0.05, 0) is 71.1 Å². The van der Waals surface area contributed by atoms with E-state index >= 15 is 0 Å². The number of hydrogen-bond acceptors (Lipinski definition) is 5. The molecule has 0 spiro atoms. The van der Waals surface area contributed by atoms with Crippen LogP contribution < -0.4 is 10.2 Å². The first-order valence-corrected chi connectivity index (χ1v) is 11.2. The van der Waals surface area contributed by atoms with Crippen LogP contribution in [0.25, 0.3) is 0 Å². The number of aromatic nitrogens is 4. The second-order valence-corrected chi connectivity index (χ2v) is 8.70. The van der Waals surface area contributed by atoms with E-state index < -0.39 is 0 Å². The van der Waals surface area contributed by atoms with Crippen molar-refractivity contribution in [3.63, 3.8) is 0 Å². The first-order valence-electron chi connectivity index (χ1n) is 11.2. The molecule has 3 heterocycles. The second kappa shape index (κ2) is 7.76. The average Bonchev–Trinajstić information content (AvgIpc) is 3.18. The number of amides is 1. The zero-order valence-electron chi connectivity index (χ0n) is 17.3. The van der Waals surface area contributed by atoms with Gasteiger partial charge in [0.1, 0.15) is 11.6 Å². The minimum Gasteiger partial charge on any atom is -0.356 e. The summed E-state index contributed by atoms with van der Waals surface area (Å²) in [6, 6.07) is 0.202. The predicted octanol–water partition coefficient (Wildman–Crippen LogP) is 2.66. The van der Waals surface area contributed by atoms with E-state index in [1.807, 2.05) is 6.92 Å². The summed E-state index contributed by atoms with van der Waals surface area (Å²) in [6.45, 7) is 3.84. The molecule has 3 aliphatic rings. The molecular weight excluding hydrogens is 364 g/mol. The first-order chi connectivity index (χ1) is 14.2. The van der Waals surface area contributed by atoms with Crippen LogP contribution in [-0.4, -0.2) is 45.2 Å². The molecule has 0 aromatic carbocycles. The Morgan fingerprint density at radius 2 is 1.72 bits per heavy atom. The van der Waals surface area contributed by atoms with Crippen LogP contribution in [-0.2, 0) is 25.7 Å². The van der Waals surface area contributed by atoms with E-state index in [1.165, 1.54) is 30.5 Å². The lowest BCUT2D eigenvalue weighted by atomic mass is 9.94. The van der Waals surface area contributed by atoms with E-state index in [4.69, 9.17) is 4.98 Å². The molecule has 2 aromatic heterocycles. The maximum atomic E-state index is 12.8. The SMILES string of the molecule is Cc1nc2c(c(N3CCC(NC(=O)c4n[nH]c5c4CCCC5)CC3)n1)CCCC2. The summed E-state index contributed by atoms with van der Waals surface area (Å²) in [5.41, 5.74) is 5.50. The van der Waals surface area contributed by atoms with Crippen molar-refractivity contribution in [2.75, 3.05) is 18.0 Å². The molecule has 0 unspecified atom stereocenters. The highest BCUT2D eigenvalue weighted by atomic mass is 16.2. The lowest BCUT2D eigenvalue weighted by Gasteiger charge is -2.35. The summed E-state index contributed by atoms with van der Waals surface area (Å²) < 4.78 is 0. The minimum absolute atomic E-state index is 0.0156. The largest absolute Gasteiger partial charge is 0.356 e. The van der Waals surface area contributed by atoms with E-state index in [1.54, 1.807) is 0 Å². The molecule has 0 bridgehead atoms. The normalized spacial score (nSPS) is 19.6. The zero-order valence-corrected chi connectivity index (χ0v) is 17.3. The molecule has 2 aromatic rings. The summed E-state index contributed by atoms with van der Waals surface area (Å²) in [4.78, 5) is 24.7. The smallest absolute Gasteiger partial charge is 0.272 e. The van der Waals surface area contributed by atoms with Crippen molar-refractivity contribution in [3.8, 4) is 0 Å². The van der Waals surface area contributed by atoms with E-state index in [9.17, 15) is 4.79 Å². The molecule has 7 heteroatoms. The van der Waals surface area contributed by atoms with Gasteiger partial charge in [0.2, 0.25) is 0 Å². The molecule has 0 saturated carbocycles. The van der Waals surface area contributed by atoms with Crippen molar-refractivity contribution in [1.29, 1.82) is 0 Å². The highest BCUT2D eigenvalue weighted by Crippen LogP contribution is 2.30. The Hall–Kier alpha value is -2.44. The van der Waals surface area contributed by atoms with Gasteiger partial charge < -0.3 is 10.2 Å². The molecule has 2 aliphatic carbocycles. The van der Waals surface area contributed by atoms with Gasteiger partial charge in [-0.1, -0.05) is 0 Å². The Morgan fingerprint density at radius 3 is 2.55 bits per heavy atom. The van der Waals surface area contributed by atoms with Gasteiger partial charge in [-0.15, -0.1) is 0 Å². The topological polar surface area (TPSA) is 86.8 Å². The summed E-state index contributed by atoms with van der Waals surface area (Å²) in [5.74, 6) is 2.00. The van der Waals surface area contributed by atoms with Gasteiger partial charge in [0.05, 0.1) is 0 Å². The van der Waals surface area contributed by atoms with Crippen LogP contribution in [0.5, 0.6) is 0 Å². The average molecular weight is 395 g/mol. The van der Waals surface area contributed by atoms with Gasteiger partial charge in [0.15, 0.2) is 5.69 Å². The fourth-order valence-corrected chi connectivity index (χ4v) is 5.11. The van der Waals surface area contributed by atoms with Gasteiger partial charge in [0, 0.05) is 41.6 Å². The minimum atomic E-state index is -0.0156. The molecule has 1 aliphatic heterocycles. The van der Waals surface area contributed by atoms with Crippen molar-refractivity contribution in [1.82, 2.24) is 25.5 Å². The van der Waals surface area contributed by atoms with Crippen molar-refractivity contribution in [2.45, 2.75) is 77.2 Å². The molecule has 154 valence electrons. The molecule has 5 rings (SSSR count). The Bertz CT molecular complexity index is 912. The number of piperidine rings is 1. The lowest BCUT2D eigenvalue weighted by Crippen LogP contribution is -2.45. The van der Waals surface area contributed by atoms with Crippen LogP contribution in [0.2, 0.25) is 0 Å². The molecule has 1 amide bonds. The molecule has 1 fully saturated rings. The number of fused-ring (bicyclic) bond motifs is 2. The molecule has 0 radical (unpaired) electrons. The molecular formula is C22H30N6O. The third-order valence-electron chi connectivity index (χ3n) is 6.67. The highest BCUT2D eigenvalue weighted by molar-refractivity contribution is 5.94. The monoisotopic (exact) mass is 394 g/mol. The third-order valence-corrected chi connectivity index (χ3v) is 6.67. The second-order valence-electron chi connectivity index (χ2n) is 8.70. The van der Waals surface area contributed by atoms with Crippen LogP contribution in [0.4, 0.5) is 5.82 Å². The number of nitrogens with one attached hydrogen (secondary N) is 2. The summed E-state index contributed by atoms with van der Waals surface area (Å²) in [7, 11) is 0. The molecule has 1 saturated heterocycles. The number of anilines is 1. The number of aromatic amines is 1. The van der Waals surface area contributed by atoms with Crippen molar-refractivity contribution in [3.05, 3.63) is 34.0 Å². The van der Waals surface area contributed by atoms with Gasteiger partial charge in [-0.25, -0.2) is 9.97 Å². The summed E-state index contributed by atoms with van der Waals surface area (Å²) in [5, 5.41) is 10.6. The molecule has 29 heavy (non-hydrogen) atoms. The Balaban J connectivity index is 1.24. The van der Waals surface area contributed by atoms with E-state index in [0.29, 0.717) is 5.69 Å². The zero-order chi connectivity index (χ0) is 19.8. The van der Waals surface area contributed by atoms with Crippen LogP contribution in [0.1, 0.15) is 77.4 Å². The maximum Gasteiger partial charge on any atom is 0.272 e. The molecule has 0 atom stereocenters. The predicted molar refractivity (Wildman–Crippen MR) is 111 cm³/mol. The highest BCUT2D eigenvalue weighted by Gasteiger charge is 2.28. The number of hydrogen-bond donors (Lipinski definition) is 2. The Morgan fingerprint density at radius 1 is 1.00 bits per heavy atom. The standard InChI is InChI=1S/C22H30N6O/c1-14-23-18-8-4-3-7-17(18)21(24-14)28-12-10-15(11-13-28)25-22(29)20-16-6-2-5-9-19(16)26-27-20/h15H,2-13H2,1H3,(H,25,29)(H,26,27). The van der Waals surface area contributed by atoms with E-state index in [0.717, 1.165) is 80.9 Å². The fourth-order valence-electron chi connectivity index (χ4n) is 5.11. The molecule has 7 nitrogen and oxygen atoms in total. The van der Waals surface area contributed by atoms with Gasteiger partial charge in [0.25, 0.3) is 5.91 Å². The fraction of sp³-hybridized carbons (Fsp3) is 0.636. The number of H-pyrrole nitrogens is 1. The Kier molecular flexibility index (Phi) is 4.97. The van der Waals surface area contributed by atoms with Crippen LogP contribution in [0.3, 0.4) is 0 Å². The summed E-state index contributed by atoms with van der Waals surface area (Å²) >= 11 is 0. The summed E-state index contributed by atoms with van der Waals surface area (Å²) in [6.07, 6.45) is 10.8. The quantitative estimate of drug-likeness (QED) is 0.836. The van der Waals surface area contributed by atoms with Crippen LogP contribution >= 0.6 is 0 Å². The maximum absolute atomic E-state index is 12.8. The van der Waals surface area contributed by atoms with E-state index in [-0.39, 0.29) is 11.9 Å². The van der Waals surface area contributed by atoms with Crippen molar-refractivity contribution < 1.29 is 4.79 Å². The van der Waals surface area contributed by atoms with Gasteiger partial charge in [-0.2, -0.15) is 5.10 Å².